The van der Waals surface area contributed by atoms with Crippen LogP contribution in [0.1, 0.15) is 10.4 Å². The summed E-state index contributed by atoms with van der Waals surface area (Å²) in [7, 11) is 2.38. The second-order valence-electron chi connectivity index (χ2n) is 4.66. The van der Waals surface area contributed by atoms with Crippen LogP contribution in [0.2, 0.25) is 0 Å². The maximum atomic E-state index is 12.2. The van der Waals surface area contributed by atoms with E-state index in [9.17, 15) is 19.5 Å². The molecule has 1 aliphatic heterocycles. The molecule has 8 nitrogen and oxygen atoms in total. The normalized spacial score (nSPS) is 14.4. The topological polar surface area (TPSA) is 102 Å². The summed E-state index contributed by atoms with van der Waals surface area (Å²) >= 11 is 1.87. The molecule has 0 unspecified atom stereocenters. The van der Waals surface area contributed by atoms with Crippen molar-refractivity contribution in [2.24, 2.45) is 0 Å². The lowest BCUT2D eigenvalue weighted by atomic mass is 10.1. The van der Waals surface area contributed by atoms with Gasteiger partial charge in [-0.25, -0.2) is 14.4 Å². The first-order valence-corrected chi connectivity index (χ1v) is 7.77. The van der Waals surface area contributed by atoms with E-state index in [1.807, 2.05) is 22.6 Å². The molecule has 0 amide bonds. The summed E-state index contributed by atoms with van der Waals surface area (Å²) in [5.41, 5.74) is 0.461. The molecular formula is C15H14INO7. The number of aromatic carboxylic acids is 1. The highest BCUT2D eigenvalue weighted by Gasteiger charge is 2.33. The largest absolute Gasteiger partial charge is 0.478 e. The van der Waals surface area contributed by atoms with Gasteiger partial charge in [-0.15, -0.1) is 0 Å². The van der Waals surface area contributed by atoms with Crippen LogP contribution in [0.3, 0.4) is 0 Å². The highest BCUT2D eigenvalue weighted by Crippen LogP contribution is 2.32. The molecule has 24 heavy (non-hydrogen) atoms. The van der Waals surface area contributed by atoms with Gasteiger partial charge in [-0.2, -0.15) is 0 Å². The zero-order valence-electron chi connectivity index (χ0n) is 12.9. The smallest absolute Gasteiger partial charge is 0.355 e. The van der Waals surface area contributed by atoms with Gasteiger partial charge < -0.3 is 24.2 Å². The van der Waals surface area contributed by atoms with Gasteiger partial charge >= 0.3 is 17.9 Å². The van der Waals surface area contributed by atoms with Crippen LogP contribution in [0.15, 0.2) is 29.5 Å². The Morgan fingerprint density at radius 2 is 1.88 bits per heavy atom. The van der Waals surface area contributed by atoms with E-state index >= 15 is 0 Å². The SMILES string of the molecule is COC(=O)C1=C(C(=O)OC)N(c2cccc(C(=O)O)c2I)COC1. The Morgan fingerprint density at radius 1 is 1.21 bits per heavy atom. The molecule has 9 heteroatoms. The van der Waals surface area contributed by atoms with Gasteiger partial charge in [0, 0.05) is 0 Å². The molecule has 0 saturated carbocycles. The van der Waals surface area contributed by atoms with Crippen LogP contribution in [0.25, 0.3) is 0 Å². The van der Waals surface area contributed by atoms with Crippen molar-refractivity contribution < 1.29 is 33.7 Å². The zero-order valence-corrected chi connectivity index (χ0v) is 15.0. The molecule has 1 N–H and O–H groups in total. The summed E-state index contributed by atoms with van der Waals surface area (Å²) in [5.74, 6) is -2.56. The van der Waals surface area contributed by atoms with Crippen LogP contribution in [-0.4, -0.2) is 50.6 Å². The number of rotatable bonds is 4. The standard InChI is InChI=1S/C15H14INO7/c1-22-14(20)9-6-24-7-17(12(9)15(21)23-2)10-5-3-4-8(11(10)16)13(18)19/h3-5H,6-7H2,1-2H3,(H,18,19). The predicted molar refractivity (Wildman–Crippen MR) is 90.5 cm³/mol. The van der Waals surface area contributed by atoms with Crippen molar-refractivity contribution in [1.29, 1.82) is 0 Å². The third-order valence-corrected chi connectivity index (χ3v) is 4.47. The molecule has 1 aromatic rings. The van der Waals surface area contributed by atoms with E-state index in [0.29, 0.717) is 9.26 Å². The van der Waals surface area contributed by atoms with E-state index in [4.69, 9.17) is 9.47 Å². The molecule has 1 aliphatic rings. The van der Waals surface area contributed by atoms with Gasteiger partial charge in [0.05, 0.1) is 41.2 Å². The second kappa shape index (κ2) is 7.62. The molecule has 1 aromatic carbocycles. The number of carbonyl (C=O) groups is 3. The van der Waals surface area contributed by atoms with Crippen LogP contribution >= 0.6 is 22.6 Å². The van der Waals surface area contributed by atoms with Gasteiger partial charge in [-0.05, 0) is 34.7 Å². The van der Waals surface area contributed by atoms with Crippen molar-refractivity contribution in [2.45, 2.75) is 0 Å². The minimum atomic E-state index is -1.10. The molecular weight excluding hydrogens is 433 g/mol. The van der Waals surface area contributed by atoms with E-state index in [1.165, 1.54) is 25.2 Å². The Bertz CT molecular complexity index is 729. The molecule has 0 saturated heterocycles. The van der Waals surface area contributed by atoms with Gasteiger partial charge in [0.1, 0.15) is 12.4 Å². The fourth-order valence-electron chi connectivity index (χ4n) is 2.23. The molecule has 0 aromatic heterocycles. The van der Waals surface area contributed by atoms with E-state index in [0.717, 1.165) is 0 Å². The number of methoxy groups -OCH3 is 2. The Hall–Kier alpha value is -2.14. The summed E-state index contributed by atoms with van der Waals surface area (Å²) in [5, 5.41) is 9.26. The summed E-state index contributed by atoms with van der Waals surface area (Å²) in [4.78, 5) is 36.9. The Labute approximate surface area is 151 Å². The Balaban J connectivity index is 2.64. The highest BCUT2D eigenvalue weighted by atomic mass is 127. The van der Waals surface area contributed by atoms with Crippen molar-refractivity contribution in [3.8, 4) is 0 Å². The number of nitrogens with zero attached hydrogens (tertiary/aromatic N) is 1. The maximum Gasteiger partial charge on any atom is 0.355 e. The molecule has 0 bridgehead atoms. The number of esters is 2. The summed E-state index contributed by atoms with van der Waals surface area (Å²) in [6.45, 7) is -0.146. The van der Waals surface area contributed by atoms with Crippen LogP contribution < -0.4 is 4.90 Å². The number of ether oxygens (including phenoxy) is 3. The van der Waals surface area contributed by atoms with Crippen molar-refractivity contribution in [3.63, 3.8) is 0 Å². The number of anilines is 1. The van der Waals surface area contributed by atoms with Crippen molar-refractivity contribution in [3.05, 3.63) is 38.6 Å². The number of halogens is 1. The number of hydrogen-bond donors (Lipinski definition) is 1. The Morgan fingerprint density at radius 3 is 2.46 bits per heavy atom. The number of carboxylic acids is 1. The average Bonchev–Trinajstić information content (AvgIpc) is 2.59. The predicted octanol–water partition coefficient (Wildman–Crippen LogP) is 1.38. The first kappa shape index (κ1) is 18.2. The van der Waals surface area contributed by atoms with E-state index in [1.54, 1.807) is 12.1 Å². The fourth-order valence-corrected chi connectivity index (χ4v) is 3.11. The van der Waals surface area contributed by atoms with Crippen LogP contribution in [0, 0.1) is 3.57 Å². The molecule has 0 atom stereocenters. The first-order chi connectivity index (χ1) is 11.4. The molecule has 0 spiro atoms. The average molecular weight is 447 g/mol. The van der Waals surface area contributed by atoms with Gasteiger partial charge in [0.2, 0.25) is 0 Å². The van der Waals surface area contributed by atoms with Gasteiger partial charge in [0.25, 0.3) is 0 Å². The summed E-state index contributed by atoms with van der Waals surface area (Å²) in [6, 6.07) is 4.62. The van der Waals surface area contributed by atoms with Crippen LogP contribution in [-0.2, 0) is 23.8 Å². The van der Waals surface area contributed by atoms with Crippen molar-refractivity contribution in [1.82, 2.24) is 0 Å². The lowest BCUT2D eigenvalue weighted by molar-refractivity contribution is -0.140. The Kier molecular flexibility index (Phi) is 5.78. The molecule has 128 valence electrons. The van der Waals surface area contributed by atoms with Crippen LogP contribution in [0.4, 0.5) is 5.69 Å². The molecule has 0 aliphatic carbocycles. The monoisotopic (exact) mass is 447 g/mol. The summed E-state index contributed by atoms with van der Waals surface area (Å²) < 4.78 is 15.2. The lowest BCUT2D eigenvalue weighted by Crippen LogP contribution is -2.39. The van der Waals surface area contributed by atoms with Gasteiger partial charge in [-0.3, -0.25) is 0 Å². The van der Waals surface area contributed by atoms with Gasteiger partial charge in [0.15, 0.2) is 0 Å². The number of carboxylic acid groups (broad SMARTS) is 1. The zero-order chi connectivity index (χ0) is 17.9. The second-order valence-corrected chi connectivity index (χ2v) is 5.74. The molecule has 1 heterocycles. The third kappa shape index (κ3) is 3.36. The molecule has 0 fully saturated rings. The number of hydrogen-bond acceptors (Lipinski definition) is 7. The third-order valence-electron chi connectivity index (χ3n) is 3.33. The fraction of sp³-hybridized carbons (Fsp3) is 0.267. The van der Waals surface area contributed by atoms with Crippen molar-refractivity contribution in [2.75, 3.05) is 32.5 Å². The maximum absolute atomic E-state index is 12.2. The molecule has 0 radical (unpaired) electrons. The quantitative estimate of drug-likeness (QED) is 0.546. The number of benzene rings is 1. The minimum Gasteiger partial charge on any atom is -0.478 e. The number of carbonyl (C=O) groups excluding carboxylic acids is 2. The van der Waals surface area contributed by atoms with E-state index in [-0.39, 0.29) is 30.2 Å². The molecule has 2 rings (SSSR count). The van der Waals surface area contributed by atoms with E-state index < -0.39 is 17.9 Å². The summed E-state index contributed by atoms with van der Waals surface area (Å²) in [6.07, 6.45) is 0. The first-order valence-electron chi connectivity index (χ1n) is 6.69. The van der Waals surface area contributed by atoms with Crippen LogP contribution in [0.5, 0.6) is 0 Å². The highest BCUT2D eigenvalue weighted by molar-refractivity contribution is 14.1. The van der Waals surface area contributed by atoms with Crippen molar-refractivity contribution >= 4 is 46.2 Å². The lowest BCUT2D eigenvalue weighted by Gasteiger charge is -2.32. The van der Waals surface area contributed by atoms with E-state index in [2.05, 4.69) is 4.74 Å². The minimum absolute atomic E-state index is 0.00660. The van der Waals surface area contributed by atoms with Gasteiger partial charge in [-0.1, -0.05) is 6.07 Å².